The van der Waals surface area contributed by atoms with Crippen molar-refractivity contribution in [3.8, 4) is 0 Å². The largest absolute Gasteiger partial charge is 0.465 e. The summed E-state index contributed by atoms with van der Waals surface area (Å²) in [5, 5.41) is 3.05. The first-order valence-corrected chi connectivity index (χ1v) is 7.06. The number of anilines is 2. The van der Waals surface area contributed by atoms with Crippen LogP contribution in [-0.2, 0) is 9.53 Å². The number of nitrogens with one attached hydrogen (secondary N) is 1. The zero-order chi connectivity index (χ0) is 14.5. The molecule has 0 amide bonds. The van der Waals surface area contributed by atoms with E-state index in [2.05, 4.69) is 34.3 Å². The van der Waals surface area contributed by atoms with Crippen LogP contribution < -0.4 is 15.1 Å². The second-order valence-corrected chi connectivity index (χ2v) is 4.95. The Bertz CT molecular complexity index is 464. The number of ether oxygens (including phenoxy) is 1. The van der Waals surface area contributed by atoms with Gasteiger partial charge >= 0.3 is 5.97 Å². The first-order valence-electron chi connectivity index (χ1n) is 7.06. The highest BCUT2D eigenvalue weighted by atomic mass is 16.5. The number of likely N-dealkylation sites (N-methyl/N-ethyl adjacent to an activating group) is 2. The average molecular weight is 277 g/mol. The predicted molar refractivity (Wildman–Crippen MR) is 81.4 cm³/mol. The van der Waals surface area contributed by atoms with Gasteiger partial charge in [0.15, 0.2) is 0 Å². The number of nitrogens with zero attached hydrogens (tertiary/aromatic N) is 2. The van der Waals surface area contributed by atoms with Crippen molar-refractivity contribution in [1.29, 1.82) is 0 Å². The molecule has 2 rings (SSSR count). The molecular weight excluding hydrogens is 254 g/mol. The van der Waals surface area contributed by atoms with Crippen molar-refractivity contribution >= 4 is 17.3 Å². The molecule has 5 nitrogen and oxygen atoms in total. The topological polar surface area (TPSA) is 44.8 Å². The fourth-order valence-electron chi connectivity index (χ4n) is 2.50. The maximum absolute atomic E-state index is 11.9. The lowest BCUT2D eigenvalue weighted by molar-refractivity contribution is -0.145. The number of hydrogen-bond acceptors (Lipinski definition) is 5. The van der Waals surface area contributed by atoms with Gasteiger partial charge in [-0.15, -0.1) is 0 Å². The number of carbonyl (C=O) groups is 1. The Balaban J connectivity index is 2.14. The van der Waals surface area contributed by atoms with Gasteiger partial charge in [-0.2, -0.15) is 0 Å². The number of hydrogen-bond donors (Lipinski definition) is 1. The van der Waals surface area contributed by atoms with Gasteiger partial charge in [-0.05, 0) is 26.1 Å². The van der Waals surface area contributed by atoms with E-state index in [0.29, 0.717) is 13.2 Å². The van der Waals surface area contributed by atoms with Crippen LogP contribution in [0.25, 0.3) is 0 Å². The Hall–Kier alpha value is -1.75. The molecule has 1 unspecified atom stereocenters. The van der Waals surface area contributed by atoms with E-state index < -0.39 is 0 Å². The second kappa shape index (κ2) is 6.61. The first-order chi connectivity index (χ1) is 9.67. The third-order valence-corrected chi connectivity index (χ3v) is 3.66. The van der Waals surface area contributed by atoms with Crippen molar-refractivity contribution in [3.63, 3.8) is 0 Å². The Kier molecular flexibility index (Phi) is 4.84. The molecule has 1 N–H and O–H groups in total. The van der Waals surface area contributed by atoms with Crippen LogP contribution in [0.2, 0.25) is 0 Å². The normalized spacial score (nSPS) is 15.8. The van der Waals surface area contributed by atoms with Crippen LogP contribution in [0, 0.1) is 0 Å². The van der Waals surface area contributed by atoms with Gasteiger partial charge in [-0.1, -0.05) is 12.1 Å². The van der Waals surface area contributed by atoms with Crippen LogP contribution >= 0.6 is 0 Å². The number of para-hydroxylation sites is 2. The number of fused-ring (bicyclic) bond motifs is 1. The molecule has 1 aliphatic heterocycles. The molecule has 0 radical (unpaired) electrons. The average Bonchev–Trinajstić information content (AvgIpc) is 2.47. The summed E-state index contributed by atoms with van der Waals surface area (Å²) in [5.74, 6) is -0.189. The fraction of sp³-hybridized carbons (Fsp3) is 0.533. The lowest BCUT2D eigenvalue weighted by Crippen LogP contribution is -2.49. The Morgan fingerprint density at radius 1 is 1.35 bits per heavy atom. The minimum Gasteiger partial charge on any atom is -0.465 e. The molecule has 1 aliphatic rings. The predicted octanol–water partition coefficient (Wildman–Crippen LogP) is 1.09. The molecule has 1 atom stereocenters. The van der Waals surface area contributed by atoms with Crippen LogP contribution in [-0.4, -0.2) is 52.3 Å². The van der Waals surface area contributed by atoms with Crippen LogP contribution in [0.1, 0.15) is 6.92 Å². The van der Waals surface area contributed by atoms with Gasteiger partial charge in [0, 0.05) is 26.7 Å². The summed E-state index contributed by atoms with van der Waals surface area (Å²) in [6.07, 6.45) is 0. The number of rotatable bonds is 5. The maximum atomic E-state index is 11.9. The molecule has 0 fully saturated rings. The van der Waals surface area contributed by atoms with E-state index >= 15 is 0 Å². The minimum atomic E-state index is -0.300. The third-order valence-electron chi connectivity index (χ3n) is 3.66. The monoisotopic (exact) mass is 277 g/mol. The van der Waals surface area contributed by atoms with Gasteiger partial charge in [-0.3, -0.25) is 4.79 Å². The summed E-state index contributed by atoms with van der Waals surface area (Å²) in [6.45, 7) is 4.73. The van der Waals surface area contributed by atoms with E-state index in [9.17, 15) is 4.79 Å². The molecule has 20 heavy (non-hydrogen) atoms. The summed E-state index contributed by atoms with van der Waals surface area (Å²) >= 11 is 0. The van der Waals surface area contributed by atoms with E-state index in [-0.39, 0.29) is 12.0 Å². The smallest absolute Gasteiger partial charge is 0.324 e. The SMILES string of the molecule is CCOC(=O)C(CN1CCN(C)c2ccccc21)NC. The Morgan fingerprint density at radius 3 is 2.70 bits per heavy atom. The lowest BCUT2D eigenvalue weighted by atomic mass is 10.1. The van der Waals surface area contributed by atoms with E-state index in [0.717, 1.165) is 13.1 Å². The van der Waals surface area contributed by atoms with E-state index in [1.807, 2.05) is 19.1 Å². The Morgan fingerprint density at radius 2 is 2.05 bits per heavy atom. The molecule has 0 saturated carbocycles. The molecule has 0 spiro atoms. The zero-order valence-corrected chi connectivity index (χ0v) is 12.4. The molecule has 0 aromatic heterocycles. The van der Waals surface area contributed by atoms with Crippen molar-refractivity contribution in [2.75, 3.05) is 50.1 Å². The summed E-state index contributed by atoms with van der Waals surface area (Å²) in [4.78, 5) is 16.4. The van der Waals surface area contributed by atoms with Crippen molar-refractivity contribution in [3.05, 3.63) is 24.3 Å². The first kappa shape index (κ1) is 14.7. The van der Waals surface area contributed by atoms with Gasteiger partial charge < -0.3 is 19.9 Å². The van der Waals surface area contributed by atoms with Crippen molar-refractivity contribution in [1.82, 2.24) is 5.32 Å². The van der Waals surface area contributed by atoms with Crippen LogP contribution in [0.4, 0.5) is 11.4 Å². The Labute approximate surface area is 120 Å². The van der Waals surface area contributed by atoms with E-state index in [1.165, 1.54) is 11.4 Å². The molecule has 1 aromatic carbocycles. The van der Waals surface area contributed by atoms with Crippen molar-refractivity contribution in [2.45, 2.75) is 13.0 Å². The lowest BCUT2D eigenvalue weighted by Gasteiger charge is -2.38. The zero-order valence-electron chi connectivity index (χ0n) is 12.4. The van der Waals surface area contributed by atoms with Crippen molar-refractivity contribution < 1.29 is 9.53 Å². The molecular formula is C15H23N3O2. The molecule has 0 bridgehead atoms. The standard InChI is InChI=1S/C15H23N3O2/c1-4-20-15(19)12(16-2)11-18-10-9-17(3)13-7-5-6-8-14(13)18/h5-8,12,16H,4,9-11H2,1-3H3. The molecule has 1 aromatic rings. The molecule has 0 aliphatic carbocycles. The highest BCUT2D eigenvalue weighted by Crippen LogP contribution is 2.31. The minimum absolute atomic E-state index is 0.189. The number of carbonyl (C=O) groups excluding carboxylic acids is 1. The molecule has 1 heterocycles. The highest BCUT2D eigenvalue weighted by Gasteiger charge is 2.25. The van der Waals surface area contributed by atoms with E-state index in [4.69, 9.17) is 4.74 Å². The quantitative estimate of drug-likeness (QED) is 0.816. The van der Waals surface area contributed by atoms with Crippen LogP contribution in [0.3, 0.4) is 0 Å². The number of esters is 1. The summed E-state index contributed by atoms with van der Waals surface area (Å²) in [6, 6.07) is 7.98. The van der Waals surface area contributed by atoms with Gasteiger partial charge in [0.2, 0.25) is 0 Å². The van der Waals surface area contributed by atoms with Gasteiger partial charge in [0.05, 0.1) is 18.0 Å². The van der Waals surface area contributed by atoms with Gasteiger partial charge in [-0.25, -0.2) is 0 Å². The molecule has 5 heteroatoms. The molecule has 0 saturated heterocycles. The van der Waals surface area contributed by atoms with Gasteiger partial charge in [0.25, 0.3) is 0 Å². The number of benzene rings is 1. The maximum Gasteiger partial charge on any atom is 0.324 e. The third kappa shape index (κ3) is 3.04. The second-order valence-electron chi connectivity index (χ2n) is 4.95. The van der Waals surface area contributed by atoms with E-state index in [1.54, 1.807) is 7.05 Å². The van der Waals surface area contributed by atoms with Crippen LogP contribution in [0.5, 0.6) is 0 Å². The van der Waals surface area contributed by atoms with Crippen LogP contribution in [0.15, 0.2) is 24.3 Å². The van der Waals surface area contributed by atoms with Crippen molar-refractivity contribution in [2.24, 2.45) is 0 Å². The summed E-state index contributed by atoms with van der Waals surface area (Å²) < 4.78 is 5.11. The fourth-order valence-corrected chi connectivity index (χ4v) is 2.50. The summed E-state index contributed by atoms with van der Waals surface area (Å²) in [7, 11) is 3.89. The van der Waals surface area contributed by atoms with Gasteiger partial charge in [0.1, 0.15) is 6.04 Å². The summed E-state index contributed by atoms with van der Waals surface area (Å²) in [5.41, 5.74) is 2.38. The molecule has 110 valence electrons. The highest BCUT2D eigenvalue weighted by molar-refractivity contribution is 5.78.